The van der Waals surface area contributed by atoms with Gasteiger partial charge in [-0.05, 0) is 67.1 Å². The first kappa shape index (κ1) is 29.8. The Morgan fingerprint density at radius 1 is 0.955 bits per heavy atom. The van der Waals surface area contributed by atoms with Gasteiger partial charge in [-0.3, -0.25) is 29.0 Å². The van der Waals surface area contributed by atoms with Crippen molar-refractivity contribution < 1.29 is 29.0 Å². The lowest BCUT2D eigenvalue weighted by atomic mass is 9.56. The first-order valence-corrected chi connectivity index (χ1v) is 16.5. The summed E-state index contributed by atoms with van der Waals surface area (Å²) in [6, 6.07) is 12.3. The molecule has 1 saturated carbocycles. The highest BCUT2D eigenvalue weighted by Crippen LogP contribution is 2.65. The number of hydrogen-bond donors (Lipinski definition) is 1. The summed E-state index contributed by atoms with van der Waals surface area (Å²) in [4.78, 5) is 56.5. The zero-order valence-corrected chi connectivity index (χ0v) is 26.9. The molecule has 1 N–H and O–H groups in total. The maximum absolute atomic E-state index is 14.2. The highest BCUT2D eigenvalue weighted by molar-refractivity contribution is 9.09. The van der Waals surface area contributed by atoms with Gasteiger partial charge in [0.05, 0.1) is 36.2 Å². The molecule has 3 saturated heterocycles. The van der Waals surface area contributed by atoms with Crippen LogP contribution in [0.5, 0.6) is 5.75 Å². The zero-order valence-electron chi connectivity index (χ0n) is 23.8. The average Bonchev–Trinajstić information content (AvgIpc) is 3.36. The van der Waals surface area contributed by atoms with Gasteiger partial charge in [0.1, 0.15) is 5.75 Å². The van der Waals surface area contributed by atoms with E-state index < -0.39 is 45.2 Å². The number of aryl methyl sites for hydroxylation is 1. The molecule has 2 aromatic carbocycles. The molecular weight excluding hydrogens is 673 g/mol. The van der Waals surface area contributed by atoms with E-state index in [0.29, 0.717) is 35.6 Å². The first-order chi connectivity index (χ1) is 21.0. The highest BCUT2D eigenvalue weighted by Gasteiger charge is 2.76. The van der Waals surface area contributed by atoms with Crippen LogP contribution in [0.4, 0.5) is 11.4 Å². The number of halogens is 3. The topological polar surface area (TPSA) is 107 Å². The third-order valence-corrected chi connectivity index (χ3v) is 12.0. The average molecular weight is 703 g/mol. The van der Waals surface area contributed by atoms with E-state index in [-0.39, 0.29) is 35.9 Å². The van der Waals surface area contributed by atoms with Gasteiger partial charge >= 0.3 is 0 Å². The number of phenolic OH excluding ortho intramolecular Hbond substituents is 1. The van der Waals surface area contributed by atoms with Crippen molar-refractivity contribution in [3.05, 3.63) is 65.2 Å². The van der Waals surface area contributed by atoms with Crippen molar-refractivity contribution in [2.75, 3.05) is 41.6 Å². The summed E-state index contributed by atoms with van der Waals surface area (Å²) in [6.45, 7) is 4.54. The number of anilines is 2. The molecule has 4 fully saturated rings. The predicted molar refractivity (Wildman–Crippen MR) is 168 cm³/mol. The number of fused-ring (bicyclic) bond motifs is 4. The predicted octanol–water partition coefficient (Wildman–Crippen LogP) is 4.45. The molecule has 0 spiro atoms. The number of morpholine rings is 1. The highest BCUT2D eigenvalue weighted by atomic mass is 79.9. The second-order valence-electron chi connectivity index (χ2n) is 12.2. The minimum Gasteiger partial charge on any atom is -0.508 e. The van der Waals surface area contributed by atoms with E-state index >= 15 is 0 Å². The number of allylic oxidation sites excluding steroid dienone is 2. The number of rotatable bonds is 4. The number of likely N-dealkylation sites (tertiary alicyclic amines) is 1. The van der Waals surface area contributed by atoms with Crippen LogP contribution >= 0.6 is 39.1 Å². The molecule has 0 radical (unpaired) electrons. The van der Waals surface area contributed by atoms with E-state index in [0.717, 1.165) is 23.7 Å². The third-order valence-electron chi connectivity index (χ3n) is 10.1. The third kappa shape index (κ3) is 4.00. The Hall–Kier alpha value is -2.92. The molecule has 3 heterocycles. The fraction of sp³-hybridized carbons (Fsp3) is 0.438. The molecule has 0 aromatic heterocycles. The number of amides is 4. The van der Waals surface area contributed by atoms with Gasteiger partial charge in [0.25, 0.3) is 11.8 Å². The van der Waals surface area contributed by atoms with E-state index in [2.05, 4.69) is 20.8 Å². The van der Waals surface area contributed by atoms with E-state index in [4.69, 9.17) is 27.9 Å². The molecule has 9 nitrogen and oxygen atoms in total. The Morgan fingerprint density at radius 3 is 2.30 bits per heavy atom. The molecule has 0 bridgehead atoms. The minimum absolute atomic E-state index is 0.0716. The number of benzene rings is 2. The van der Waals surface area contributed by atoms with Crippen LogP contribution in [0, 0.1) is 24.7 Å². The van der Waals surface area contributed by atoms with Crippen molar-refractivity contribution >= 4 is 74.1 Å². The Morgan fingerprint density at radius 2 is 1.64 bits per heavy atom. The van der Waals surface area contributed by atoms with Crippen molar-refractivity contribution in [3.8, 4) is 5.75 Å². The van der Waals surface area contributed by atoms with Gasteiger partial charge in [0.2, 0.25) is 11.8 Å². The number of nitrogens with zero attached hydrogens (tertiary/aromatic N) is 3. The molecule has 2 aliphatic carbocycles. The molecule has 6 unspecified atom stereocenters. The summed E-state index contributed by atoms with van der Waals surface area (Å²) < 4.78 is 5.45. The van der Waals surface area contributed by atoms with E-state index in [1.165, 1.54) is 11.0 Å². The molecule has 4 amide bonds. The Kier molecular flexibility index (Phi) is 7.16. The van der Waals surface area contributed by atoms with Gasteiger partial charge in [0, 0.05) is 24.7 Å². The van der Waals surface area contributed by atoms with Crippen LogP contribution in [0.3, 0.4) is 0 Å². The van der Waals surface area contributed by atoms with Gasteiger partial charge in [-0.25, -0.2) is 0 Å². The van der Waals surface area contributed by atoms with Crippen LogP contribution in [0.25, 0.3) is 0 Å². The maximum Gasteiger partial charge on any atom is 0.254 e. The molecule has 7 rings (SSSR count). The van der Waals surface area contributed by atoms with Crippen molar-refractivity contribution in [2.45, 2.75) is 35.4 Å². The largest absolute Gasteiger partial charge is 0.508 e. The number of phenols is 1. The molecule has 230 valence electrons. The second kappa shape index (κ2) is 10.6. The molecule has 5 aliphatic rings. The van der Waals surface area contributed by atoms with Crippen molar-refractivity contribution in [2.24, 2.45) is 17.8 Å². The smallest absolute Gasteiger partial charge is 0.254 e. The summed E-state index contributed by atoms with van der Waals surface area (Å²) in [7, 11) is 0. The monoisotopic (exact) mass is 701 g/mol. The summed E-state index contributed by atoms with van der Waals surface area (Å²) in [5.74, 6) is -4.74. The van der Waals surface area contributed by atoms with Crippen molar-refractivity contribution in [3.63, 3.8) is 0 Å². The van der Waals surface area contributed by atoms with E-state index in [9.17, 15) is 24.3 Å². The number of carbonyl (C=O) groups excluding carboxylic acids is 4. The number of carbonyl (C=O) groups is 4. The number of aromatic hydroxyl groups is 1. The number of ether oxygens (including phenoxy) is 1. The van der Waals surface area contributed by atoms with Crippen LogP contribution in [-0.2, 0) is 23.9 Å². The second-order valence-corrected chi connectivity index (χ2v) is 13.9. The molecule has 2 aromatic rings. The molecular formula is C32H30BrCl2N3O6. The molecule has 44 heavy (non-hydrogen) atoms. The van der Waals surface area contributed by atoms with Crippen LogP contribution in [-0.4, -0.2) is 75.1 Å². The molecule has 12 heteroatoms. The lowest BCUT2D eigenvalue weighted by molar-refractivity contribution is -0.138. The standard InChI is InChI=1S/C32H30BrCl2N3O6/c1-17-14-18(2-9-24(17)39)26-21-7-8-22-25(23(21)15-31(34)29(42)37(16-33)30(43)32(26,31)35)28(41)38(27(22)40)20-5-3-19(4-6-20)36-10-12-44-13-11-36/h2-7,9,14,22-23,25-26,39H,8,10-13,15-16H2,1H3. The minimum atomic E-state index is -1.88. The first-order valence-electron chi connectivity index (χ1n) is 14.6. The summed E-state index contributed by atoms with van der Waals surface area (Å²) in [6.07, 6.45) is 2.11. The van der Waals surface area contributed by atoms with Gasteiger partial charge in [0.15, 0.2) is 9.75 Å². The van der Waals surface area contributed by atoms with Gasteiger partial charge in [-0.2, -0.15) is 0 Å². The van der Waals surface area contributed by atoms with Crippen LogP contribution in [0.15, 0.2) is 54.1 Å². The van der Waals surface area contributed by atoms with Gasteiger partial charge in [-0.1, -0.05) is 39.7 Å². The quantitative estimate of drug-likeness (QED) is 0.217. The van der Waals surface area contributed by atoms with E-state index in [1.54, 1.807) is 31.2 Å². The molecule has 6 atom stereocenters. The SMILES string of the molecule is Cc1cc(C2C3=CCC4C(=O)N(c5ccc(N6CCOCC6)cc5)C(=O)C4C3CC3(Cl)C(=O)N(CBr)C(=O)C23Cl)ccc1O. The van der Waals surface area contributed by atoms with Crippen LogP contribution in [0.1, 0.15) is 29.9 Å². The Bertz CT molecular complexity index is 1630. The van der Waals surface area contributed by atoms with E-state index in [1.807, 2.05) is 18.2 Å². The van der Waals surface area contributed by atoms with Crippen LogP contribution < -0.4 is 9.80 Å². The van der Waals surface area contributed by atoms with Crippen LogP contribution in [0.2, 0.25) is 0 Å². The summed E-state index contributed by atoms with van der Waals surface area (Å²) in [5, 5.41) is 10.3. The zero-order chi connectivity index (χ0) is 31.1. The Labute approximate surface area is 272 Å². The maximum atomic E-state index is 14.2. The molecule has 3 aliphatic heterocycles. The lowest BCUT2D eigenvalue weighted by Crippen LogP contribution is -2.60. The van der Waals surface area contributed by atoms with Gasteiger partial charge < -0.3 is 14.7 Å². The normalized spacial score (nSPS) is 33.4. The van der Waals surface area contributed by atoms with Gasteiger partial charge in [-0.15, -0.1) is 23.2 Å². The fourth-order valence-corrected chi connectivity index (χ4v) is 9.30. The number of alkyl halides is 3. The van der Waals surface area contributed by atoms with Crippen molar-refractivity contribution in [1.29, 1.82) is 0 Å². The lowest BCUT2D eigenvalue weighted by Gasteiger charge is -2.50. The fourth-order valence-electron chi connectivity index (χ4n) is 7.87. The summed E-state index contributed by atoms with van der Waals surface area (Å²) in [5.41, 5.74) is 3.26. The van der Waals surface area contributed by atoms with Crippen molar-refractivity contribution in [1.82, 2.24) is 4.90 Å². The number of hydrogen-bond acceptors (Lipinski definition) is 7. The number of imide groups is 2. The Balaban J connectivity index is 1.29. The summed E-state index contributed by atoms with van der Waals surface area (Å²) >= 11 is 17.8.